The minimum atomic E-state index is -3.10. The fourth-order valence-corrected chi connectivity index (χ4v) is 4.77. The summed E-state index contributed by atoms with van der Waals surface area (Å²) in [6.45, 7) is 1.71. The maximum absolute atomic E-state index is 12.9. The van der Waals surface area contributed by atoms with Gasteiger partial charge >= 0.3 is 0 Å². The number of amides is 1. The van der Waals surface area contributed by atoms with E-state index in [9.17, 15) is 17.6 Å². The summed E-state index contributed by atoms with van der Waals surface area (Å²) in [7, 11) is -3.10. The van der Waals surface area contributed by atoms with Gasteiger partial charge in [-0.25, -0.2) is 12.8 Å². The monoisotopic (exact) mass is 337 g/mol. The first-order valence-corrected chi connectivity index (χ1v) is 8.97. The number of nitrogens with one attached hydrogen (secondary N) is 1. The van der Waals surface area contributed by atoms with Crippen LogP contribution < -0.4 is 5.32 Å². The molecule has 3 rings (SSSR count). The van der Waals surface area contributed by atoms with Gasteiger partial charge in [-0.1, -0.05) is 0 Å². The van der Waals surface area contributed by atoms with Crippen molar-refractivity contribution in [2.24, 2.45) is 0 Å². The van der Waals surface area contributed by atoms with E-state index < -0.39 is 21.3 Å². The van der Waals surface area contributed by atoms with E-state index >= 15 is 0 Å². The Balaban J connectivity index is 1.75. The second kappa shape index (κ2) is 5.49. The third kappa shape index (κ3) is 3.44. The van der Waals surface area contributed by atoms with Crippen molar-refractivity contribution in [2.75, 3.05) is 11.5 Å². The van der Waals surface area contributed by atoms with Gasteiger partial charge in [0.05, 0.1) is 17.0 Å². The van der Waals surface area contributed by atoms with Gasteiger partial charge in [-0.15, -0.1) is 0 Å². The Bertz CT molecular complexity index is 841. The molecule has 1 atom stereocenters. The van der Waals surface area contributed by atoms with Crippen LogP contribution >= 0.6 is 0 Å². The molecule has 23 heavy (non-hydrogen) atoms. The molecule has 7 heteroatoms. The SMILES string of the molecule is CC1(NC(=O)c2ccc(-c3ccc(F)cc3)o2)CCS(=O)(=O)C1. The molecule has 1 aliphatic rings. The highest BCUT2D eigenvalue weighted by atomic mass is 32.2. The number of furan rings is 1. The van der Waals surface area contributed by atoms with Crippen LogP contribution in [0.1, 0.15) is 23.9 Å². The van der Waals surface area contributed by atoms with E-state index in [1.807, 2.05) is 0 Å². The van der Waals surface area contributed by atoms with Gasteiger partial charge in [0.2, 0.25) is 0 Å². The molecule has 1 amide bonds. The van der Waals surface area contributed by atoms with Crippen LogP contribution in [0.4, 0.5) is 4.39 Å². The van der Waals surface area contributed by atoms with Gasteiger partial charge in [-0.2, -0.15) is 0 Å². The Morgan fingerprint density at radius 3 is 2.52 bits per heavy atom. The fourth-order valence-electron chi connectivity index (χ4n) is 2.67. The highest BCUT2D eigenvalue weighted by molar-refractivity contribution is 7.91. The Hall–Kier alpha value is -2.15. The van der Waals surface area contributed by atoms with Crippen molar-refractivity contribution in [3.05, 3.63) is 48.0 Å². The summed E-state index contributed by atoms with van der Waals surface area (Å²) < 4.78 is 41.6. The van der Waals surface area contributed by atoms with E-state index in [0.717, 1.165) is 0 Å². The average Bonchev–Trinajstić information content (AvgIpc) is 3.05. The van der Waals surface area contributed by atoms with E-state index in [-0.39, 0.29) is 23.1 Å². The number of carbonyl (C=O) groups excluding carboxylic acids is 1. The Labute approximate surface area is 133 Å². The van der Waals surface area contributed by atoms with Gasteiger partial charge in [0.15, 0.2) is 15.6 Å². The first kappa shape index (κ1) is 15.7. The summed E-state index contributed by atoms with van der Waals surface area (Å²) in [6.07, 6.45) is 0.382. The largest absolute Gasteiger partial charge is 0.451 e. The Kier molecular flexibility index (Phi) is 3.75. The van der Waals surface area contributed by atoms with Crippen LogP contribution in [-0.2, 0) is 9.84 Å². The number of carbonyl (C=O) groups is 1. The lowest BCUT2D eigenvalue weighted by atomic mass is 10.0. The first-order chi connectivity index (χ1) is 10.8. The molecule has 1 aromatic heterocycles. The molecule has 0 spiro atoms. The van der Waals surface area contributed by atoms with Crippen LogP contribution in [0.15, 0.2) is 40.8 Å². The molecule has 1 aromatic carbocycles. The van der Waals surface area contributed by atoms with Crippen molar-refractivity contribution in [1.82, 2.24) is 5.32 Å². The second-order valence-corrected chi connectivity index (χ2v) is 8.21. The van der Waals surface area contributed by atoms with Gasteiger partial charge in [0.25, 0.3) is 5.91 Å². The van der Waals surface area contributed by atoms with Crippen molar-refractivity contribution in [1.29, 1.82) is 0 Å². The number of halogens is 1. The van der Waals surface area contributed by atoms with Crippen LogP contribution in [-0.4, -0.2) is 31.4 Å². The van der Waals surface area contributed by atoms with Crippen LogP contribution in [0.5, 0.6) is 0 Å². The third-order valence-electron chi connectivity index (χ3n) is 3.88. The van der Waals surface area contributed by atoms with E-state index in [1.54, 1.807) is 25.1 Å². The molecule has 0 radical (unpaired) electrons. The second-order valence-electron chi connectivity index (χ2n) is 6.03. The van der Waals surface area contributed by atoms with Crippen molar-refractivity contribution in [3.63, 3.8) is 0 Å². The van der Waals surface area contributed by atoms with Crippen LogP contribution in [0.25, 0.3) is 11.3 Å². The minimum absolute atomic E-state index is 0.0722. The Morgan fingerprint density at radius 1 is 1.22 bits per heavy atom. The molecule has 2 heterocycles. The van der Waals surface area contributed by atoms with Gasteiger partial charge < -0.3 is 9.73 Å². The molecule has 1 aliphatic heterocycles. The lowest BCUT2D eigenvalue weighted by molar-refractivity contribution is 0.0887. The highest BCUT2D eigenvalue weighted by Gasteiger charge is 2.39. The summed E-state index contributed by atoms with van der Waals surface area (Å²) in [5.74, 6) is -0.277. The summed E-state index contributed by atoms with van der Waals surface area (Å²) in [4.78, 5) is 12.3. The molecule has 1 N–H and O–H groups in total. The van der Waals surface area contributed by atoms with Crippen molar-refractivity contribution < 1.29 is 22.0 Å². The van der Waals surface area contributed by atoms with E-state index in [0.29, 0.717) is 17.7 Å². The lowest BCUT2D eigenvalue weighted by Gasteiger charge is -2.23. The predicted octanol–water partition coefficient (Wildman–Crippen LogP) is 2.39. The van der Waals surface area contributed by atoms with E-state index in [2.05, 4.69) is 5.32 Å². The zero-order valence-electron chi connectivity index (χ0n) is 12.5. The quantitative estimate of drug-likeness (QED) is 0.933. The third-order valence-corrected chi connectivity index (χ3v) is 5.78. The minimum Gasteiger partial charge on any atom is -0.451 e. The number of benzene rings is 1. The molecule has 0 bridgehead atoms. The van der Waals surface area contributed by atoms with Crippen LogP contribution in [0.3, 0.4) is 0 Å². The Morgan fingerprint density at radius 2 is 1.91 bits per heavy atom. The summed E-state index contributed by atoms with van der Waals surface area (Å²) in [5.41, 5.74) is -0.126. The molecule has 1 unspecified atom stereocenters. The fraction of sp³-hybridized carbons (Fsp3) is 0.312. The van der Waals surface area contributed by atoms with Gasteiger partial charge in [0, 0.05) is 5.56 Å². The number of sulfone groups is 1. The summed E-state index contributed by atoms with van der Waals surface area (Å²) >= 11 is 0. The van der Waals surface area contributed by atoms with Crippen molar-refractivity contribution >= 4 is 15.7 Å². The molecule has 1 saturated heterocycles. The molecular weight excluding hydrogens is 321 g/mol. The molecule has 0 aliphatic carbocycles. The number of hydrogen-bond donors (Lipinski definition) is 1. The first-order valence-electron chi connectivity index (χ1n) is 7.15. The van der Waals surface area contributed by atoms with Crippen molar-refractivity contribution in [3.8, 4) is 11.3 Å². The standard InChI is InChI=1S/C16H16FNO4S/c1-16(8-9-23(20,21)10-16)18-15(19)14-7-6-13(22-14)11-2-4-12(17)5-3-11/h2-7H,8-10H2,1H3,(H,18,19). The summed E-state index contributed by atoms with van der Waals surface area (Å²) in [6, 6.07) is 8.86. The zero-order valence-corrected chi connectivity index (χ0v) is 13.3. The molecule has 5 nitrogen and oxygen atoms in total. The maximum Gasteiger partial charge on any atom is 0.287 e. The average molecular weight is 337 g/mol. The zero-order chi connectivity index (χ0) is 16.7. The van der Waals surface area contributed by atoms with Crippen LogP contribution in [0, 0.1) is 5.82 Å². The molecular formula is C16H16FNO4S. The normalized spacial score (nSPS) is 22.9. The van der Waals surface area contributed by atoms with E-state index in [1.165, 1.54) is 18.2 Å². The lowest BCUT2D eigenvalue weighted by Crippen LogP contribution is -2.46. The summed E-state index contributed by atoms with van der Waals surface area (Å²) in [5, 5.41) is 2.73. The van der Waals surface area contributed by atoms with E-state index in [4.69, 9.17) is 4.42 Å². The topological polar surface area (TPSA) is 76.4 Å². The molecule has 122 valence electrons. The van der Waals surface area contributed by atoms with Gasteiger partial charge in [-0.05, 0) is 49.7 Å². The molecule has 1 fully saturated rings. The van der Waals surface area contributed by atoms with Gasteiger partial charge in [-0.3, -0.25) is 4.79 Å². The predicted molar refractivity (Wildman–Crippen MR) is 83.2 cm³/mol. The maximum atomic E-state index is 12.9. The molecule has 0 saturated carbocycles. The number of rotatable bonds is 3. The molecule has 2 aromatic rings. The smallest absolute Gasteiger partial charge is 0.287 e. The van der Waals surface area contributed by atoms with Crippen LogP contribution in [0.2, 0.25) is 0 Å². The highest BCUT2D eigenvalue weighted by Crippen LogP contribution is 2.25. The number of hydrogen-bond acceptors (Lipinski definition) is 4. The van der Waals surface area contributed by atoms with Gasteiger partial charge in [0.1, 0.15) is 11.6 Å². The van der Waals surface area contributed by atoms with Crippen molar-refractivity contribution in [2.45, 2.75) is 18.9 Å².